The quantitative estimate of drug-likeness (QED) is 0.0594. The van der Waals surface area contributed by atoms with Crippen molar-refractivity contribution in [1.82, 2.24) is 14.6 Å². The van der Waals surface area contributed by atoms with Crippen molar-refractivity contribution in [3.05, 3.63) is 122 Å². The molecule has 0 fully saturated rings. The summed E-state index contributed by atoms with van der Waals surface area (Å²) in [6.07, 6.45) is 4.84. The van der Waals surface area contributed by atoms with E-state index >= 15 is 0 Å². The van der Waals surface area contributed by atoms with Crippen LogP contribution in [0.3, 0.4) is 0 Å². The highest BCUT2D eigenvalue weighted by atomic mass is 16.6. The summed E-state index contributed by atoms with van der Waals surface area (Å²) >= 11 is 0. The number of fused-ring (bicyclic) bond motifs is 1. The van der Waals surface area contributed by atoms with Crippen LogP contribution in [0.15, 0.2) is 89.4 Å². The van der Waals surface area contributed by atoms with Crippen LogP contribution in [0.25, 0.3) is 22.3 Å². The summed E-state index contributed by atoms with van der Waals surface area (Å²) in [4.78, 5) is 33.5. The number of benzene rings is 3. The van der Waals surface area contributed by atoms with E-state index in [1.807, 2.05) is 44.2 Å². The molecule has 0 radical (unpaired) electrons. The topological polar surface area (TPSA) is 131 Å². The Morgan fingerprint density at radius 2 is 1.89 bits per heavy atom. The van der Waals surface area contributed by atoms with Crippen LogP contribution in [0.2, 0.25) is 0 Å². The zero-order valence-corrected chi connectivity index (χ0v) is 26.9. The Labute approximate surface area is 271 Å². The first-order chi connectivity index (χ1) is 22.6. The Balaban J connectivity index is 1.65. The van der Waals surface area contributed by atoms with Gasteiger partial charge in [-0.15, -0.1) is 6.58 Å². The number of para-hydroxylation sites is 1. The number of ether oxygens (including phenoxy) is 3. The van der Waals surface area contributed by atoms with E-state index in [0.717, 1.165) is 28.6 Å². The normalized spacial score (nSPS) is 11.3. The van der Waals surface area contributed by atoms with Gasteiger partial charge in [-0.25, -0.2) is 9.97 Å². The Hall–Kier alpha value is -5.84. The maximum Gasteiger partial charge on any atom is 0.287 e. The number of allylic oxidation sites excluding steroid dienone is 1. The number of hydrogen-bond donors (Lipinski definition) is 0. The molecular weight excluding hydrogens is 598 g/mol. The minimum atomic E-state index is -0.527. The number of rotatable bonds is 12. The SMILES string of the molecule is C=CCc1cc(C=Nn2c(-c3cc(C(C)C)c(OC)cc3C)nc3ccccc3c2=O)cc(OCC)c1Oc1ccc([N+](=O)[O-])cn1. The van der Waals surface area contributed by atoms with Gasteiger partial charge in [-0.1, -0.05) is 32.1 Å². The zero-order chi connectivity index (χ0) is 33.7. The second-order valence-electron chi connectivity index (χ2n) is 11.0. The zero-order valence-electron chi connectivity index (χ0n) is 26.9. The lowest BCUT2D eigenvalue weighted by molar-refractivity contribution is -0.385. The highest BCUT2D eigenvalue weighted by Crippen LogP contribution is 2.37. The molecular formula is C36H35N5O6. The molecule has 0 aliphatic heterocycles. The van der Waals surface area contributed by atoms with Gasteiger partial charge in [-0.05, 0) is 79.3 Å². The lowest BCUT2D eigenvalue weighted by Crippen LogP contribution is -2.21. The van der Waals surface area contributed by atoms with Crippen molar-refractivity contribution in [1.29, 1.82) is 0 Å². The van der Waals surface area contributed by atoms with Crippen molar-refractivity contribution in [2.24, 2.45) is 5.10 Å². The maximum atomic E-state index is 13.9. The largest absolute Gasteiger partial charge is 0.496 e. The molecule has 5 aromatic rings. The van der Waals surface area contributed by atoms with E-state index in [2.05, 4.69) is 25.4 Å². The molecule has 47 heavy (non-hydrogen) atoms. The van der Waals surface area contributed by atoms with E-state index in [-0.39, 0.29) is 23.0 Å². The fourth-order valence-corrected chi connectivity index (χ4v) is 5.19. The van der Waals surface area contributed by atoms with Gasteiger partial charge in [0.15, 0.2) is 17.3 Å². The van der Waals surface area contributed by atoms with Crippen molar-refractivity contribution in [2.75, 3.05) is 13.7 Å². The third-order valence-electron chi connectivity index (χ3n) is 7.47. The van der Waals surface area contributed by atoms with Gasteiger partial charge in [0, 0.05) is 23.3 Å². The van der Waals surface area contributed by atoms with Crippen molar-refractivity contribution in [2.45, 2.75) is 40.0 Å². The third-order valence-corrected chi connectivity index (χ3v) is 7.47. The van der Waals surface area contributed by atoms with Gasteiger partial charge in [-0.2, -0.15) is 9.78 Å². The smallest absolute Gasteiger partial charge is 0.287 e. The van der Waals surface area contributed by atoms with E-state index in [1.54, 1.807) is 37.6 Å². The number of nitro groups is 1. The van der Waals surface area contributed by atoms with Crippen LogP contribution in [0.1, 0.15) is 48.9 Å². The first-order valence-corrected chi connectivity index (χ1v) is 15.1. The van der Waals surface area contributed by atoms with Crippen LogP contribution in [0, 0.1) is 17.0 Å². The molecule has 0 aliphatic carbocycles. The molecule has 0 aliphatic rings. The van der Waals surface area contributed by atoms with Crippen molar-refractivity contribution < 1.29 is 19.1 Å². The molecule has 0 atom stereocenters. The third kappa shape index (κ3) is 6.89. The Morgan fingerprint density at radius 3 is 2.55 bits per heavy atom. The Bertz CT molecular complexity index is 2050. The lowest BCUT2D eigenvalue weighted by atomic mass is 9.96. The van der Waals surface area contributed by atoms with Crippen LogP contribution in [0.5, 0.6) is 23.1 Å². The van der Waals surface area contributed by atoms with Gasteiger partial charge in [0.25, 0.3) is 11.2 Å². The Kier molecular flexibility index (Phi) is 9.74. The molecule has 2 aromatic heterocycles. The summed E-state index contributed by atoms with van der Waals surface area (Å²) < 4.78 is 19.0. The summed E-state index contributed by atoms with van der Waals surface area (Å²) in [5.41, 5.74) is 4.07. The predicted octanol–water partition coefficient (Wildman–Crippen LogP) is 7.61. The summed E-state index contributed by atoms with van der Waals surface area (Å²) in [7, 11) is 1.64. The predicted molar refractivity (Wildman–Crippen MR) is 182 cm³/mol. The summed E-state index contributed by atoms with van der Waals surface area (Å²) in [5.74, 6) is 2.29. The number of pyridine rings is 1. The number of methoxy groups -OCH3 is 1. The molecule has 0 bridgehead atoms. The van der Waals surface area contributed by atoms with E-state index in [4.69, 9.17) is 24.3 Å². The second-order valence-corrected chi connectivity index (χ2v) is 11.0. The van der Waals surface area contributed by atoms with Crippen molar-refractivity contribution in [3.8, 4) is 34.5 Å². The van der Waals surface area contributed by atoms with Crippen LogP contribution in [0.4, 0.5) is 5.69 Å². The molecule has 11 heteroatoms. The molecule has 0 unspecified atom stereocenters. The van der Waals surface area contributed by atoms with E-state index in [1.165, 1.54) is 16.8 Å². The monoisotopic (exact) mass is 633 g/mol. The molecule has 0 amide bonds. The molecule has 0 saturated heterocycles. The number of nitrogens with zero attached hydrogens (tertiary/aromatic N) is 5. The second kappa shape index (κ2) is 14.1. The molecule has 240 valence electrons. The average molecular weight is 634 g/mol. The first-order valence-electron chi connectivity index (χ1n) is 15.1. The molecule has 3 aromatic carbocycles. The maximum absolute atomic E-state index is 13.9. The molecule has 11 nitrogen and oxygen atoms in total. The Morgan fingerprint density at radius 1 is 1.11 bits per heavy atom. The number of aryl methyl sites for hydroxylation is 1. The van der Waals surface area contributed by atoms with Crippen molar-refractivity contribution in [3.63, 3.8) is 0 Å². The van der Waals surface area contributed by atoms with Gasteiger partial charge in [0.2, 0.25) is 5.88 Å². The molecule has 0 N–H and O–H groups in total. The lowest BCUT2D eigenvalue weighted by Gasteiger charge is -2.17. The van der Waals surface area contributed by atoms with Crippen LogP contribution in [-0.2, 0) is 6.42 Å². The molecule has 5 rings (SSSR count). The molecule has 2 heterocycles. The van der Waals surface area contributed by atoms with Gasteiger partial charge in [-0.3, -0.25) is 14.9 Å². The summed E-state index contributed by atoms with van der Waals surface area (Å²) in [5, 5.41) is 16.2. The number of hydrogen-bond acceptors (Lipinski definition) is 9. The summed E-state index contributed by atoms with van der Waals surface area (Å²) in [6.45, 7) is 12.2. The van der Waals surface area contributed by atoms with E-state index in [0.29, 0.717) is 52.4 Å². The van der Waals surface area contributed by atoms with E-state index < -0.39 is 4.92 Å². The molecule has 0 saturated carbocycles. The standard InChI is InChI=1S/C36H35N5O6/c1-7-11-25-17-24(18-32(46-8-2)34(25)47-33-15-14-26(21-37-33)41(43)44)20-38-40-35(39-30-13-10-9-12-27(30)36(40)42)29-19-28(22(3)4)31(45-6)16-23(29)5/h7,9-10,12-22H,1,8,11H2,2-6H3. The van der Waals surface area contributed by atoms with Crippen molar-refractivity contribution >= 4 is 22.8 Å². The molecule has 0 spiro atoms. The number of aromatic nitrogens is 3. The minimum absolute atomic E-state index is 0.150. The van der Waals surface area contributed by atoms with Gasteiger partial charge in [0.1, 0.15) is 11.9 Å². The van der Waals surface area contributed by atoms with Gasteiger partial charge >= 0.3 is 0 Å². The van der Waals surface area contributed by atoms with Crippen LogP contribution in [-0.4, -0.2) is 39.5 Å². The fraction of sp³-hybridized carbons (Fsp3) is 0.222. The van der Waals surface area contributed by atoms with Gasteiger partial charge < -0.3 is 14.2 Å². The minimum Gasteiger partial charge on any atom is -0.496 e. The first kappa shape index (κ1) is 32.6. The highest BCUT2D eigenvalue weighted by molar-refractivity contribution is 5.83. The summed E-state index contributed by atoms with van der Waals surface area (Å²) in [6, 6.07) is 17.5. The fourth-order valence-electron chi connectivity index (χ4n) is 5.19. The average Bonchev–Trinajstić information content (AvgIpc) is 3.06. The highest BCUT2D eigenvalue weighted by Gasteiger charge is 2.19. The van der Waals surface area contributed by atoms with Gasteiger partial charge in [0.05, 0.1) is 35.8 Å². The van der Waals surface area contributed by atoms with Crippen LogP contribution < -0.4 is 19.8 Å². The van der Waals surface area contributed by atoms with Crippen LogP contribution >= 0.6 is 0 Å². The van der Waals surface area contributed by atoms with E-state index in [9.17, 15) is 14.9 Å².